The Morgan fingerprint density at radius 3 is 2.49 bits per heavy atom. The average Bonchev–Trinajstić information content (AvgIpc) is 3.69. The molecule has 234 valence electrons. The third kappa shape index (κ3) is 6.87. The van der Waals surface area contributed by atoms with Crippen LogP contribution in [0.1, 0.15) is 59.2 Å². The number of nitrogens with zero attached hydrogens (tertiary/aromatic N) is 2. The molecule has 3 aromatic carbocycles. The van der Waals surface area contributed by atoms with Crippen molar-refractivity contribution < 1.29 is 43.5 Å². The molecular formula is C34H34N2O9. The Bertz CT molecular complexity index is 1760. The number of ether oxygens (including phenoxy) is 5. The van der Waals surface area contributed by atoms with Gasteiger partial charge in [0.05, 0.1) is 31.2 Å². The summed E-state index contributed by atoms with van der Waals surface area (Å²) in [5, 5.41) is 19.7. The van der Waals surface area contributed by atoms with E-state index in [1.54, 1.807) is 60.2 Å². The van der Waals surface area contributed by atoms with Gasteiger partial charge in [-0.25, -0.2) is 14.6 Å². The molecule has 2 N–H and O–H groups in total. The number of benzene rings is 3. The maximum Gasteiger partial charge on any atom is 0.335 e. The fourth-order valence-corrected chi connectivity index (χ4v) is 4.89. The van der Waals surface area contributed by atoms with Gasteiger partial charge in [0.1, 0.15) is 29.7 Å². The number of hydrogen-bond donors (Lipinski definition) is 2. The predicted molar refractivity (Wildman–Crippen MR) is 165 cm³/mol. The van der Waals surface area contributed by atoms with E-state index < -0.39 is 11.9 Å². The van der Waals surface area contributed by atoms with Crippen LogP contribution in [0.25, 0.3) is 11.8 Å². The molecule has 0 saturated carbocycles. The number of rotatable bonds is 13. The van der Waals surface area contributed by atoms with Crippen LogP contribution in [0.15, 0.2) is 66.4 Å². The zero-order valence-electron chi connectivity index (χ0n) is 25.4. The molecule has 5 rings (SSSR count). The number of carboxylic acids is 2. The second-order valence-electron chi connectivity index (χ2n) is 10.5. The van der Waals surface area contributed by atoms with Gasteiger partial charge in [-0.2, -0.15) is 0 Å². The van der Waals surface area contributed by atoms with E-state index in [9.17, 15) is 19.8 Å². The van der Waals surface area contributed by atoms with Gasteiger partial charge < -0.3 is 33.9 Å². The Balaban J connectivity index is 1.57. The molecular weight excluding hydrogens is 580 g/mol. The number of aliphatic carboxylic acids is 1. The second kappa shape index (κ2) is 13.5. The molecule has 1 aromatic heterocycles. The number of imidazole rings is 1. The number of aromatic carboxylic acids is 1. The van der Waals surface area contributed by atoms with Gasteiger partial charge in [-0.05, 0) is 54.3 Å². The zero-order valence-corrected chi connectivity index (χ0v) is 25.4. The normalized spacial score (nSPS) is 12.9. The molecule has 1 aliphatic heterocycles. The molecule has 0 amide bonds. The predicted octanol–water partition coefficient (Wildman–Crippen LogP) is 6.12. The Hall–Kier alpha value is -5.45. The first-order valence-corrected chi connectivity index (χ1v) is 14.3. The minimum atomic E-state index is -1.11. The first kappa shape index (κ1) is 31.0. The average molecular weight is 615 g/mol. The summed E-state index contributed by atoms with van der Waals surface area (Å²) in [5.74, 6) is 0.871. The minimum Gasteiger partial charge on any atom is -0.497 e. The van der Waals surface area contributed by atoms with E-state index in [4.69, 9.17) is 28.7 Å². The summed E-state index contributed by atoms with van der Waals surface area (Å²) in [5.41, 5.74) is 2.90. The summed E-state index contributed by atoms with van der Waals surface area (Å²) in [6.07, 6.45) is 4.28. The van der Waals surface area contributed by atoms with Gasteiger partial charge >= 0.3 is 11.9 Å². The van der Waals surface area contributed by atoms with Gasteiger partial charge in [-0.15, -0.1) is 0 Å². The highest BCUT2D eigenvalue weighted by atomic mass is 16.7. The lowest BCUT2D eigenvalue weighted by molar-refractivity contribution is -0.132. The van der Waals surface area contributed by atoms with Gasteiger partial charge in [0.15, 0.2) is 11.5 Å². The van der Waals surface area contributed by atoms with Crippen LogP contribution in [-0.4, -0.2) is 52.7 Å². The van der Waals surface area contributed by atoms with E-state index >= 15 is 0 Å². The molecule has 0 fully saturated rings. The molecule has 11 heteroatoms. The van der Waals surface area contributed by atoms with Gasteiger partial charge in [-0.1, -0.05) is 26.0 Å². The van der Waals surface area contributed by atoms with E-state index in [-0.39, 0.29) is 36.9 Å². The molecule has 4 aromatic rings. The van der Waals surface area contributed by atoms with Crippen molar-refractivity contribution in [3.8, 4) is 34.4 Å². The fraction of sp³-hybridized carbons (Fsp3) is 0.265. The first-order chi connectivity index (χ1) is 21.7. The summed E-state index contributed by atoms with van der Waals surface area (Å²) < 4.78 is 30.0. The van der Waals surface area contributed by atoms with E-state index in [1.165, 1.54) is 13.2 Å². The lowest BCUT2D eigenvalue weighted by Gasteiger charge is -2.15. The smallest absolute Gasteiger partial charge is 0.335 e. The van der Waals surface area contributed by atoms with Crippen molar-refractivity contribution in [3.05, 3.63) is 94.6 Å². The molecule has 0 spiro atoms. The topological polar surface area (TPSA) is 139 Å². The van der Waals surface area contributed by atoms with Gasteiger partial charge in [0, 0.05) is 35.9 Å². The van der Waals surface area contributed by atoms with Gasteiger partial charge in [0.2, 0.25) is 6.79 Å². The fourth-order valence-electron chi connectivity index (χ4n) is 4.89. The maximum atomic E-state index is 12.6. The monoisotopic (exact) mass is 614 g/mol. The van der Waals surface area contributed by atoms with Gasteiger partial charge in [0.25, 0.3) is 0 Å². The third-order valence-electron chi connectivity index (χ3n) is 7.60. The van der Waals surface area contributed by atoms with Crippen LogP contribution in [0.5, 0.6) is 28.7 Å². The van der Waals surface area contributed by atoms with Crippen LogP contribution in [0, 0.1) is 0 Å². The molecule has 1 unspecified atom stereocenters. The largest absolute Gasteiger partial charge is 0.497 e. The molecule has 1 atom stereocenters. The molecule has 1 aliphatic rings. The number of methoxy groups -OCH3 is 2. The molecule has 0 radical (unpaired) electrons. The molecule has 0 bridgehead atoms. The van der Waals surface area contributed by atoms with Crippen LogP contribution >= 0.6 is 0 Å². The molecule has 45 heavy (non-hydrogen) atoms. The molecule has 0 aliphatic carbocycles. The maximum absolute atomic E-state index is 12.6. The van der Waals surface area contributed by atoms with Crippen LogP contribution in [0.3, 0.4) is 0 Å². The Labute approximate surface area is 260 Å². The second-order valence-corrected chi connectivity index (χ2v) is 10.5. The third-order valence-corrected chi connectivity index (χ3v) is 7.60. The van der Waals surface area contributed by atoms with E-state index in [0.717, 1.165) is 12.1 Å². The van der Waals surface area contributed by atoms with Crippen molar-refractivity contribution in [2.24, 2.45) is 0 Å². The van der Waals surface area contributed by atoms with Gasteiger partial charge in [-0.3, -0.25) is 4.57 Å². The van der Waals surface area contributed by atoms with Crippen LogP contribution in [-0.2, 0) is 17.8 Å². The number of carbonyl (C=O) groups is 2. The molecule has 0 saturated heterocycles. The number of fused-ring (bicyclic) bond motifs is 1. The Morgan fingerprint density at radius 2 is 1.80 bits per heavy atom. The summed E-state index contributed by atoms with van der Waals surface area (Å²) in [4.78, 5) is 28.9. The number of carboxylic acid groups (broad SMARTS) is 2. The lowest BCUT2D eigenvalue weighted by Crippen LogP contribution is -2.07. The lowest BCUT2D eigenvalue weighted by atomic mass is 10.0. The van der Waals surface area contributed by atoms with Crippen molar-refractivity contribution in [1.29, 1.82) is 0 Å². The standard InChI is InChI=1S/C34H34N2O9/c1-5-20(2)26-17-36(27-10-9-25(41-3)15-29(27)43-18-21-7-6-8-22(11-21)33(37)38)32(35-26)14-24(34(39)40)12-23-13-30-31(45-19-44-30)16-28(23)42-4/h6-11,13-17,20H,5,12,18-19H2,1-4H3,(H,37,38)(H,39,40). The summed E-state index contributed by atoms with van der Waals surface area (Å²) >= 11 is 0. The van der Waals surface area contributed by atoms with E-state index in [1.807, 2.05) is 12.3 Å². The summed E-state index contributed by atoms with van der Waals surface area (Å²) in [6.45, 7) is 4.28. The first-order valence-electron chi connectivity index (χ1n) is 14.3. The van der Waals surface area contributed by atoms with Crippen LogP contribution < -0.4 is 23.7 Å². The van der Waals surface area contributed by atoms with Crippen LogP contribution in [0.4, 0.5) is 0 Å². The molecule has 2 heterocycles. The van der Waals surface area contributed by atoms with Crippen molar-refractivity contribution >= 4 is 18.0 Å². The Morgan fingerprint density at radius 1 is 1.02 bits per heavy atom. The molecule has 11 nitrogen and oxygen atoms in total. The van der Waals surface area contributed by atoms with Crippen molar-refractivity contribution in [2.45, 2.75) is 39.2 Å². The summed E-state index contributed by atoms with van der Waals surface area (Å²) in [7, 11) is 3.06. The Kier molecular flexibility index (Phi) is 9.27. The van der Waals surface area contributed by atoms with Crippen molar-refractivity contribution in [2.75, 3.05) is 21.0 Å². The van der Waals surface area contributed by atoms with E-state index in [2.05, 4.69) is 13.8 Å². The number of aromatic nitrogens is 2. The quantitative estimate of drug-likeness (QED) is 0.169. The summed E-state index contributed by atoms with van der Waals surface area (Å²) in [6, 6.07) is 15.2. The highest BCUT2D eigenvalue weighted by Gasteiger charge is 2.22. The van der Waals surface area contributed by atoms with Crippen LogP contribution in [0.2, 0.25) is 0 Å². The number of hydrogen-bond acceptors (Lipinski definition) is 8. The highest BCUT2D eigenvalue weighted by Crippen LogP contribution is 2.39. The SMILES string of the molecule is CCC(C)c1cn(-c2ccc(OC)cc2OCc2cccc(C(=O)O)c2)c(C=C(Cc2cc3c(cc2OC)OCO3)C(=O)O)n1. The zero-order chi connectivity index (χ0) is 32.1. The van der Waals surface area contributed by atoms with Crippen molar-refractivity contribution in [3.63, 3.8) is 0 Å². The van der Waals surface area contributed by atoms with E-state index in [0.29, 0.717) is 51.4 Å². The highest BCUT2D eigenvalue weighted by molar-refractivity contribution is 5.92. The minimum absolute atomic E-state index is 0.0343. The van der Waals surface area contributed by atoms with Crippen molar-refractivity contribution in [1.82, 2.24) is 9.55 Å².